The molecule has 1 fully saturated rings. The molecule has 2 unspecified atom stereocenters. The minimum Gasteiger partial charge on any atom is -0.476 e. The molecule has 1 saturated heterocycles. The van der Waals surface area contributed by atoms with E-state index in [0.29, 0.717) is 5.75 Å². The number of carbonyl (C=O) groups is 1. The Hall–Kier alpha value is -1.59. The lowest BCUT2D eigenvalue weighted by molar-refractivity contribution is -0.132. The Morgan fingerprint density at radius 2 is 2.18 bits per heavy atom. The van der Waals surface area contributed by atoms with Crippen molar-refractivity contribution in [1.82, 2.24) is 5.32 Å². The van der Waals surface area contributed by atoms with Crippen molar-refractivity contribution in [1.29, 1.82) is 0 Å². The largest absolute Gasteiger partial charge is 0.476 e. The molecule has 2 N–H and O–H groups in total. The molecule has 5 nitrogen and oxygen atoms in total. The van der Waals surface area contributed by atoms with Crippen LogP contribution >= 0.6 is 0 Å². The van der Waals surface area contributed by atoms with Gasteiger partial charge in [0.1, 0.15) is 5.75 Å². The van der Waals surface area contributed by atoms with Gasteiger partial charge < -0.3 is 20.1 Å². The summed E-state index contributed by atoms with van der Waals surface area (Å²) < 4.78 is 5.79. The zero-order chi connectivity index (χ0) is 15.9. The highest BCUT2D eigenvalue weighted by molar-refractivity contribution is 6.01. The molecule has 0 saturated carbocycles. The SMILES string of the molecule is CN1C(=O)C(C)(C)Oc2ccc(C(O)C3CCCCN3)cc21. The van der Waals surface area contributed by atoms with E-state index < -0.39 is 11.7 Å². The lowest BCUT2D eigenvalue weighted by Gasteiger charge is -2.37. The van der Waals surface area contributed by atoms with Gasteiger partial charge in [-0.3, -0.25) is 4.79 Å². The molecule has 1 aromatic rings. The van der Waals surface area contributed by atoms with Crippen LogP contribution in [0.25, 0.3) is 0 Å². The minimum absolute atomic E-state index is 0.0776. The molecule has 120 valence electrons. The number of hydrogen-bond acceptors (Lipinski definition) is 4. The first-order valence-electron chi connectivity index (χ1n) is 7.93. The monoisotopic (exact) mass is 304 g/mol. The molecule has 2 heterocycles. The summed E-state index contributed by atoms with van der Waals surface area (Å²) in [5.74, 6) is 0.599. The van der Waals surface area contributed by atoms with Crippen LogP contribution in [0, 0.1) is 0 Å². The number of rotatable bonds is 2. The Balaban J connectivity index is 1.89. The fraction of sp³-hybridized carbons (Fsp3) is 0.588. The summed E-state index contributed by atoms with van der Waals surface area (Å²) in [7, 11) is 1.75. The molecule has 1 aromatic carbocycles. The highest BCUT2D eigenvalue weighted by Gasteiger charge is 2.39. The minimum atomic E-state index is -0.854. The Morgan fingerprint density at radius 1 is 1.41 bits per heavy atom. The third-order valence-electron chi connectivity index (χ3n) is 4.60. The van der Waals surface area contributed by atoms with E-state index in [1.807, 2.05) is 18.2 Å². The second-order valence-electron chi connectivity index (χ2n) is 6.70. The molecule has 0 bridgehead atoms. The normalized spacial score (nSPS) is 25.4. The Labute approximate surface area is 131 Å². The molecule has 0 spiro atoms. The Bertz CT molecular complexity index is 579. The van der Waals surface area contributed by atoms with E-state index in [1.54, 1.807) is 25.8 Å². The van der Waals surface area contributed by atoms with E-state index in [9.17, 15) is 9.90 Å². The number of piperidine rings is 1. The van der Waals surface area contributed by atoms with Crippen molar-refractivity contribution in [2.45, 2.75) is 50.9 Å². The third-order valence-corrected chi connectivity index (χ3v) is 4.60. The smallest absolute Gasteiger partial charge is 0.270 e. The van der Waals surface area contributed by atoms with Crippen molar-refractivity contribution in [2.24, 2.45) is 0 Å². The van der Waals surface area contributed by atoms with Crippen LogP contribution in [0.1, 0.15) is 44.8 Å². The molecule has 0 radical (unpaired) electrons. The number of aliphatic hydroxyl groups excluding tert-OH is 1. The number of benzene rings is 1. The van der Waals surface area contributed by atoms with Gasteiger partial charge in [-0.15, -0.1) is 0 Å². The molecule has 2 aliphatic heterocycles. The van der Waals surface area contributed by atoms with Gasteiger partial charge in [0.2, 0.25) is 0 Å². The van der Waals surface area contributed by atoms with Gasteiger partial charge in [0, 0.05) is 13.1 Å². The van der Waals surface area contributed by atoms with Crippen LogP contribution in [0.15, 0.2) is 18.2 Å². The molecule has 22 heavy (non-hydrogen) atoms. The van der Waals surface area contributed by atoms with Crippen LogP contribution in [0.5, 0.6) is 5.75 Å². The number of likely N-dealkylation sites (N-methyl/N-ethyl adjacent to an activating group) is 1. The fourth-order valence-electron chi connectivity index (χ4n) is 3.28. The summed E-state index contributed by atoms with van der Waals surface area (Å²) in [4.78, 5) is 13.9. The lowest BCUT2D eigenvalue weighted by Crippen LogP contribution is -2.51. The van der Waals surface area contributed by atoms with Crippen molar-refractivity contribution in [2.75, 3.05) is 18.5 Å². The van der Waals surface area contributed by atoms with Gasteiger partial charge >= 0.3 is 0 Å². The number of carbonyl (C=O) groups excluding carboxylic acids is 1. The third kappa shape index (κ3) is 2.59. The van der Waals surface area contributed by atoms with Crippen LogP contribution in [-0.4, -0.2) is 36.2 Å². The maximum atomic E-state index is 12.3. The number of ether oxygens (including phenoxy) is 1. The molecule has 0 aromatic heterocycles. The predicted octanol–water partition coefficient (Wildman–Crippen LogP) is 2.00. The van der Waals surface area contributed by atoms with Crippen LogP contribution < -0.4 is 15.0 Å². The van der Waals surface area contributed by atoms with E-state index in [4.69, 9.17) is 4.74 Å². The highest BCUT2D eigenvalue weighted by Crippen LogP contribution is 2.39. The number of amides is 1. The van der Waals surface area contributed by atoms with Gasteiger partial charge in [0.25, 0.3) is 5.91 Å². The van der Waals surface area contributed by atoms with Crippen LogP contribution in [0.3, 0.4) is 0 Å². The number of fused-ring (bicyclic) bond motifs is 1. The average Bonchev–Trinajstić information content (AvgIpc) is 2.52. The summed E-state index contributed by atoms with van der Waals surface area (Å²) in [6, 6.07) is 5.68. The summed E-state index contributed by atoms with van der Waals surface area (Å²) in [5, 5.41) is 14.0. The predicted molar refractivity (Wildman–Crippen MR) is 85.2 cm³/mol. The van der Waals surface area contributed by atoms with Crippen molar-refractivity contribution >= 4 is 11.6 Å². The molecule has 2 aliphatic rings. The number of anilines is 1. The van der Waals surface area contributed by atoms with E-state index in [0.717, 1.165) is 37.1 Å². The zero-order valence-electron chi connectivity index (χ0n) is 13.4. The van der Waals surface area contributed by atoms with Gasteiger partial charge in [-0.1, -0.05) is 12.5 Å². The van der Waals surface area contributed by atoms with Crippen LogP contribution in [0.2, 0.25) is 0 Å². The van der Waals surface area contributed by atoms with E-state index in [-0.39, 0.29) is 11.9 Å². The van der Waals surface area contributed by atoms with Crippen molar-refractivity contribution in [3.05, 3.63) is 23.8 Å². The van der Waals surface area contributed by atoms with Crippen LogP contribution in [0.4, 0.5) is 5.69 Å². The topological polar surface area (TPSA) is 61.8 Å². The van der Waals surface area contributed by atoms with E-state index in [2.05, 4.69) is 5.32 Å². The first-order valence-corrected chi connectivity index (χ1v) is 7.93. The highest BCUT2D eigenvalue weighted by atomic mass is 16.5. The van der Waals surface area contributed by atoms with Gasteiger partial charge in [-0.05, 0) is 50.9 Å². The number of aliphatic hydroxyl groups is 1. The quantitative estimate of drug-likeness (QED) is 0.877. The molecular formula is C17H24N2O3. The summed E-state index contributed by atoms with van der Waals surface area (Å²) in [6.07, 6.45) is 2.70. The van der Waals surface area contributed by atoms with Crippen molar-refractivity contribution < 1.29 is 14.6 Å². The first kappa shape index (κ1) is 15.3. The number of nitrogens with zero attached hydrogens (tertiary/aromatic N) is 1. The van der Waals surface area contributed by atoms with Gasteiger partial charge in [0.15, 0.2) is 5.60 Å². The second kappa shape index (κ2) is 5.56. The molecule has 0 aliphatic carbocycles. The molecule has 5 heteroatoms. The van der Waals surface area contributed by atoms with Crippen molar-refractivity contribution in [3.63, 3.8) is 0 Å². The number of hydrogen-bond donors (Lipinski definition) is 2. The number of nitrogens with one attached hydrogen (secondary N) is 1. The molecule has 2 atom stereocenters. The fourth-order valence-corrected chi connectivity index (χ4v) is 3.28. The van der Waals surface area contributed by atoms with Gasteiger partial charge in [0.05, 0.1) is 11.8 Å². The average molecular weight is 304 g/mol. The Morgan fingerprint density at radius 3 is 2.86 bits per heavy atom. The molecule has 3 rings (SSSR count). The second-order valence-corrected chi connectivity index (χ2v) is 6.70. The van der Waals surface area contributed by atoms with Crippen molar-refractivity contribution in [3.8, 4) is 5.75 Å². The first-order chi connectivity index (χ1) is 10.4. The maximum Gasteiger partial charge on any atom is 0.270 e. The molecular weight excluding hydrogens is 280 g/mol. The van der Waals surface area contributed by atoms with E-state index in [1.165, 1.54) is 0 Å². The zero-order valence-corrected chi connectivity index (χ0v) is 13.4. The van der Waals surface area contributed by atoms with Gasteiger partial charge in [-0.25, -0.2) is 0 Å². The Kier molecular flexibility index (Phi) is 3.87. The lowest BCUT2D eigenvalue weighted by atomic mass is 9.94. The van der Waals surface area contributed by atoms with Gasteiger partial charge in [-0.2, -0.15) is 0 Å². The molecule has 1 amide bonds. The van der Waals surface area contributed by atoms with Crippen LogP contribution in [-0.2, 0) is 4.79 Å². The maximum absolute atomic E-state index is 12.3. The summed E-state index contributed by atoms with van der Waals surface area (Å²) in [5.41, 5.74) is 0.685. The summed E-state index contributed by atoms with van der Waals surface area (Å²) >= 11 is 0. The standard InChI is InChI=1S/C17H24N2O3/c1-17(2)16(21)19(3)13-10-11(7-8-14(13)22-17)15(20)12-6-4-5-9-18-12/h7-8,10,12,15,18,20H,4-6,9H2,1-3H3. The summed E-state index contributed by atoms with van der Waals surface area (Å²) in [6.45, 7) is 4.48. The van der Waals surface area contributed by atoms with E-state index >= 15 is 0 Å².